The van der Waals surface area contributed by atoms with Crippen molar-refractivity contribution in [1.29, 1.82) is 0 Å². The quantitative estimate of drug-likeness (QED) is 0.537. The van der Waals surface area contributed by atoms with Crippen LogP contribution in [-0.4, -0.2) is 25.2 Å². The van der Waals surface area contributed by atoms with Crippen LogP contribution < -0.4 is 0 Å². The van der Waals surface area contributed by atoms with E-state index in [2.05, 4.69) is 13.2 Å². The van der Waals surface area contributed by atoms with Gasteiger partial charge < -0.3 is 9.47 Å². The average Bonchev–Trinajstić information content (AvgIpc) is 2.42. The van der Waals surface area contributed by atoms with E-state index in [1.54, 1.807) is 12.2 Å². The molecule has 1 aliphatic rings. The van der Waals surface area contributed by atoms with Gasteiger partial charge in [0.15, 0.2) is 0 Å². The lowest BCUT2D eigenvalue weighted by atomic mass is 9.82. The molecule has 0 aromatic rings. The van der Waals surface area contributed by atoms with E-state index in [1.165, 1.54) is 0 Å². The van der Waals surface area contributed by atoms with Crippen LogP contribution in [0.3, 0.4) is 0 Å². The fourth-order valence-electron chi connectivity index (χ4n) is 2.08. The molecule has 1 aliphatic carbocycles. The minimum Gasteiger partial charge on any atom is -0.461 e. The highest BCUT2D eigenvalue weighted by Gasteiger charge is 2.31. The second-order valence-electron chi connectivity index (χ2n) is 4.39. The van der Waals surface area contributed by atoms with Crippen molar-refractivity contribution in [2.75, 3.05) is 13.2 Å². The van der Waals surface area contributed by atoms with Gasteiger partial charge in [0.1, 0.15) is 13.2 Å². The van der Waals surface area contributed by atoms with Crippen molar-refractivity contribution >= 4 is 11.9 Å². The van der Waals surface area contributed by atoms with Crippen LogP contribution in [0, 0.1) is 11.8 Å². The summed E-state index contributed by atoms with van der Waals surface area (Å²) in [5.41, 5.74) is 0. The summed E-state index contributed by atoms with van der Waals surface area (Å²) < 4.78 is 10.0. The molecule has 0 N–H and O–H groups in total. The minimum atomic E-state index is -0.187. The molecular weight excluding hydrogens is 232 g/mol. The van der Waals surface area contributed by atoms with Gasteiger partial charge in [-0.05, 0) is 25.7 Å². The fraction of sp³-hybridized carbons (Fsp3) is 0.571. The molecule has 0 atom stereocenters. The number of ether oxygens (including phenoxy) is 2. The van der Waals surface area contributed by atoms with Crippen molar-refractivity contribution in [2.24, 2.45) is 11.8 Å². The first-order valence-corrected chi connectivity index (χ1v) is 6.24. The maximum atomic E-state index is 11.6. The topological polar surface area (TPSA) is 52.6 Å². The molecule has 0 aliphatic heterocycles. The lowest BCUT2D eigenvalue weighted by Gasteiger charge is -2.25. The highest BCUT2D eigenvalue weighted by Crippen LogP contribution is 2.30. The molecule has 1 rings (SSSR count). The SMILES string of the molecule is C=CCOC(=O)C1CCC(C(=O)OCC=C)CC1. The average molecular weight is 252 g/mol. The minimum absolute atomic E-state index is 0.0894. The molecule has 1 fully saturated rings. The highest BCUT2D eigenvalue weighted by atomic mass is 16.5. The Kier molecular flexibility index (Phi) is 6.19. The second kappa shape index (κ2) is 7.69. The molecule has 0 spiro atoms. The first-order chi connectivity index (χ1) is 8.69. The number of carbonyl (C=O) groups excluding carboxylic acids is 2. The summed E-state index contributed by atoms with van der Waals surface area (Å²) >= 11 is 0. The number of carbonyl (C=O) groups is 2. The van der Waals surface area contributed by atoms with E-state index in [-0.39, 0.29) is 37.0 Å². The summed E-state index contributed by atoms with van der Waals surface area (Å²) in [7, 11) is 0. The van der Waals surface area contributed by atoms with Crippen molar-refractivity contribution in [1.82, 2.24) is 0 Å². The maximum Gasteiger partial charge on any atom is 0.309 e. The third-order valence-corrected chi connectivity index (χ3v) is 3.08. The van der Waals surface area contributed by atoms with Gasteiger partial charge in [-0.25, -0.2) is 0 Å². The molecule has 0 unspecified atom stereocenters. The summed E-state index contributed by atoms with van der Waals surface area (Å²) in [4.78, 5) is 23.2. The Morgan fingerprint density at radius 2 is 1.22 bits per heavy atom. The Bertz CT molecular complexity index is 282. The van der Waals surface area contributed by atoms with Gasteiger partial charge in [-0.2, -0.15) is 0 Å². The summed E-state index contributed by atoms with van der Waals surface area (Å²) in [5, 5.41) is 0. The fourth-order valence-corrected chi connectivity index (χ4v) is 2.08. The number of rotatable bonds is 6. The normalized spacial score (nSPS) is 22.9. The third-order valence-electron chi connectivity index (χ3n) is 3.08. The molecular formula is C14H20O4. The number of hydrogen-bond acceptors (Lipinski definition) is 4. The molecule has 0 aromatic carbocycles. The molecule has 18 heavy (non-hydrogen) atoms. The van der Waals surface area contributed by atoms with E-state index < -0.39 is 0 Å². The third kappa shape index (κ3) is 4.35. The van der Waals surface area contributed by atoms with Gasteiger partial charge in [-0.3, -0.25) is 9.59 Å². The Morgan fingerprint density at radius 1 is 0.889 bits per heavy atom. The van der Waals surface area contributed by atoms with Crippen molar-refractivity contribution in [3.05, 3.63) is 25.3 Å². The first-order valence-electron chi connectivity index (χ1n) is 6.24. The van der Waals surface area contributed by atoms with Crippen LogP contribution in [0.4, 0.5) is 0 Å². The van der Waals surface area contributed by atoms with E-state index in [0.29, 0.717) is 25.7 Å². The lowest BCUT2D eigenvalue weighted by molar-refractivity contribution is -0.153. The molecule has 0 amide bonds. The van der Waals surface area contributed by atoms with Crippen molar-refractivity contribution < 1.29 is 19.1 Å². The molecule has 0 bridgehead atoms. The van der Waals surface area contributed by atoms with Crippen LogP contribution >= 0.6 is 0 Å². The first kappa shape index (κ1) is 14.5. The van der Waals surface area contributed by atoms with Crippen LogP contribution in [0.1, 0.15) is 25.7 Å². The molecule has 4 heteroatoms. The Hall–Kier alpha value is -1.58. The van der Waals surface area contributed by atoms with Crippen molar-refractivity contribution in [2.45, 2.75) is 25.7 Å². The summed E-state index contributed by atoms with van der Waals surface area (Å²) in [6, 6.07) is 0. The highest BCUT2D eigenvalue weighted by molar-refractivity contribution is 5.75. The van der Waals surface area contributed by atoms with E-state index in [9.17, 15) is 9.59 Å². The van der Waals surface area contributed by atoms with Gasteiger partial charge in [0.2, 0.25) is 0 Å². The Balaban J connectivity index is 2.31. The standard InChI is InChI=1S/C14H20O4/c1-3-9-17-13(15)11-5-7-12(8-6-11)14(16)18-10-4-2/h3-4,11-12H,1-2,5-10H2. The Labute approximate surface area is 108 Å². The van der Waals surface area contributed by atoms with Crippen molar-refractivity contribution in [3.63, 3.8) is 0 Å². The van der Waals surface area contributed by atoms with E-state index in [1.807, 2.05) is 0 Å². The zero-order chi connectivity index (χ0) is 13.4. The monoisotopic (exact) mass is 252 g/mol. The van der Waals surface area contributed by atoms with Crippen LogP contribution in [-0.2, 0) is 19.1 Å². The van der Waals surface area contributed by atoms with Crippen LogP contribution in [0.25, 0.3) is 0 Å². The van der Waals surface area contributed by atoms with Gasteiger partial charge in [-0.15, -0.1) is 0 Å². The zero-order valence-electron chi connectivity index (χ0n) is 10.6. The van der Waals surface area contributed by atoms with Crippen LogP contribution in [0.2, 0.25) is 0 Å². The predicted molar refractivity (Wildman–Crippen MR) is 67.8 cm³/mol. The molecule has 4 nitrogen and oxygen atoms in total. The number of hydrogen-bond donors (Lipinski definition) is 0. The van der Waals surface area contributed by atoms with Crippen LogP contribution in [0.5, 0.6) is 0 Å². The number of esters is 2. The zero-order valence-corrected chi connectivity index (χ0v) is 10.6. The maximum absolute atomic E-state index is 11.6. The molecule has 100 valence electrons. The molecule has 0 heterocycles. The van der Waals surface area contributed by atoms with Gasteiger partial charge in [0, 0.05) is 0 Å². The van der Waals surface area contributed by atoms with Crippen molar-refractivity contribution in [3.8, 4) is 0 Å². The summed E-state index contributed by atoms with van der Waals surface area (Å²) in [6.45, 7) is 7.49. The summed E-state index contributed by atoms with van der Waals surface area (Å²) in [5.74, 6) is -0.553. The van der Waals surface area contributed by atoms with Gasteiger partial charge in [-0.1, -0.05) is 25.3 Å². The molecule has 1 saturated carbocycles. The van der Waals surface area contributed by atoms with Gasteiger partial charge in [0.25, 0.3) is 0 Å². The molecule has 0 radical (unpaired) electrons. The largest absolute Gasteiger partial charge is 0.461 e. The predicted octanol–water partition coefficient (Wildman–Crippen LogP) is 2.25. The van der Waals surface area contributed by atoms with E-state index in [0.717, 1.165) is 0 Å². The van der Waals surface area contributed by atoms with E-state index >= 15 is 0 Å². The lowest BCUT2D eigenvalue weighted by Crippen LogP contribution is -2.28. The van der Waals surface area contributed by atoms with Crippen LogP contribution in [0.15, 0.2) is 25.3 Å². The smallest absolute Gasteiger partial charge is 0.309 e. The summed E-state index contributed by atoms with van der Waals surface area (Å²) in [6.07, 6.45) is 5.84. The molecule has 0 saturated heterocycles. The van der Waals surface area contributed by atoms with E-state index in [4.69, 9.17) is 9.47 Å². The second-order valence-corrected chi connectivity index (χ2v) is 4.39. The van der Waals surface area contributed by atoms with Gasteiger partial charge >= 0.3 is 11.9 Å². The Morgan fingerprint density at radius 3 is 1.50 bits per heavy atom. The molecule has 0 aromatic heterocycles. The van der Waals surface area contributed by atoms with Gasteiger partial charge in [0.05, 0.1) is 11.8 Å².